The quantitative estimate of drug-likeness (QED) is 0.726. The lowest BCUT2D eigenvalue weighted by atomic mass is 10.2. The number of nitrogens with one attached hydrogen (secondary N) is 1. The van der Waals surface area contributed by atoms with E-state index in [1.807, 2.05) is 6.07 Å². The molecular weight excluding hydrogens is 172 g/mol. The van der Waals surface area contributed by atoms with Crippen LogP contribution in [0.15, 0.2) is 18.5 Å². The molecule has 1 aromatic heterocycles. The maximum atomic E-state index is 5.90. The molecule has 0 radical (unpaired) electrons. The second-order valence-electron chi connectivity index (χ2n) is 2.64. The van der Waals surface area contributed by atoms with Crippen molar-refractivity contribution in [2.24, 2.45) is 0 Å². The van der Waals surface area contributed by atoms with Crippen LogP contribution in [-0.4, -0.2) is 11.5 Å². The van der Waals surface area contributed by atoms with E-state index in [2.05, 4.69) is 17.2 Å². The van der Waals surface area contributed by atoms with Gasteiger partial charge in [0.2, 0.25) is 0 Å². The summed E-state index contributed by atoms with van der Waals surface area (Å²) < 4.78 is 0. The Morgan fingerprint density at radius 3 is 3.08 bits per heavy atom. The summed E-state index contributed by atoms with van der Waals surface area (Å²) in [6.45, 7) is 4.00. The second-order valence-corrected chi connectivity index (χ2v) is 3.05. The van der Waals surface area contributed by atoms with Gasteiger partial charge in [0.1, 0.15) is 0 Å². The van der Waals surface area contributed by atoms with Gasteiger partial charge < -0.3 is 5.32 Å². The zero-order chi connectivity index (χ0) is 8.81. The highest BCUT2D eigenvalue weighted by Crippen LogP contribution is 2.12. The van der Waals surface area contributed by atoms with E-state index >= 15 is 0 Å². The average molecular weight is 185 g/mol. The SMILES string of the molecule is CCCNCc1ccncc1Cl. The maximum Gasteiger partial charge on any atom is 0.0634 e. The van der Waals surface area contributed by atoms with Crippen LogP contribution in [0.5, 0.6) is 0 Å². The van der Waals surface area contributed by atoms with Crippen molar-refractivity contribution in [3.63, 3.8) is 0 Å². The normalized spacial score (nSPS) is 10.2. The first kappa shape index (κ1) is 9.49. The Kier molecular flexibility index (Phi) is 4.05. The molecule has 1 aromatic rings. The van der Waals surface area contributed by atoms with Gasteiger partial charge in [0.15, 0.2) is 0 Å². The highest BCUT2D eigenvalue weighted by molar-refractivity contribution is 6.31. The van der Waals surface area contributed by atoms with Crippen molar-refractivity contribution in [1.82, 2.24) is 10.3 Å². The third-order valence-corrected chi connectivity index (χ3v) is 1.94. The van der Waals surface area contributed by atoms with Gasteiger partial charge in [-0.05, 0) is 24.6 Å². The Morgan fingerprint density at radius 2 is 2.42 bits per heavy atom. The lowest BCUT2D eigenvalue weighted by Crippen LogP contribution is -2.13. The van der Waals surface area contributed by atoms with Crippen LogP contribution in [0.1, 0.15) is 18.9 Å². The van der Waals surface area contributed by atoms with Gasteiger partial charge in [-0.3, -0.25) is 4.98 Å². The van der Waals surface area contributed by atoms with E-state index in [0.29, 0.717) is 0 Å². The number of hydrogen-bond donors (Lipinski definition) is 1. The first-order valence-electron chi connectivity index (χ1n) is 4.13. The summed E-state index contributed by atoms with van der Waals surface area (Å²) >= 11 is 5.90. The number of halogens is 1. The molecule has 0 aliphatic heterocycles. The van der Waals surface area contributed by atoms with E-state index in [4.69, 9.17) is 11.6 Å². The summed E-state index contributed by atoms with van der Waals surface area (Å²) in [5.74, 6) is 0. The summed E-state index contributed by atoms with van der Waals surface area (Å²) in [6.07, 6.45) is 4.57. The van der Waals surface area contributed by atoms with E-state index in [9.17, 15) is 0 Å². The van der Waals surface area contributed by atoms with Gasteiger partial charge in [-0.25, -0.2) is 0 Å². The van der Waals surface area contributed by atoms with Crippen LogP contribution in [0, 0.1) is 0 Å². The molecule has 0 bridgehead atoms. The molecule has 66 valence electrons. The fourth-order valence-electron chi connectivity index (χ4n) is 0.947. The molecule has 0 aromatic carbocycles. The molecule has 0 unspecified atom stereocenters. The topological polar surface area (TPSA) is 24.9 Å². The van der Waals surface area contributed by atoms with Crippen LogP contribution >= 0.6 is 11.6 Å². The molecule has 0 saturated heterocycles. The first-order valence-corrected chi connectivity index (χ1v) is 4.51. The average Bonchev–Trinajstić information content (AvgIpc) is 2.09. The zero-order valence-corrected chi connectivity index (χ0v) is 7.93. The molecule has 1 heterocycles. The predicted octanol–water partition coefficient (Wildman–Crippen LogP) is 2.23. The minimum absolute atomic E-state index is 0.737. The standard InChI is InChI=1S/C9H13ClN2/c1-2-4-11-6-8-3-5-12-7-9(8)10/h3,5,7,11H,2,4,6H2,1H3. The Morgan fingerprint density at radius 1 is 1.58 bits per heavy atom. The lowest BCUT2D eigenvalue weighted by molar-refractivity contribution is 0.675. The van der Waals surface area contributed by atoms with E-state index in [1.54, 1.807) is 12.4 Å². The van der Waals surface area contributed by atoms with Crippen molar-refractivity contribution < 1.29 is 0 Å². The van der Waals surface area contributed by atoms with Crippen LogP contribution in [0.4, 0.5) is 0 Å². The Labute approximate surface area is 78.0 Å². The third-order valence-electron chi connectivity index (χ3n) is 1.60. The Hall–Kier alpha value is -0.600. The van der Waals surface area contributed by atoms with Crippen molar-refractivity contribution in [1.29, 1.82) is 0 Å². The number of pyridine rings is 1. The molecule has 0 aliphatic carbocycles. The van der Waals surface area contributed by atoms with Gasteiger partial charge >= 0.3 is 0 Å². The van der Waals surface area contributed by atoms with Crippen molar-refractivity contribution in [3.8, 4) is 0 Å². The molecule has 0 spiro atoms. The van der Waals surface area contributed by atoms with Gasteiger partial charge in [-0.1, -0.05) is 18.5 Å². The van der Waals surface area contributed by atoms with Crippen molar-refractivity contribution >= 4 is 11.6 Å². The van der Waals surface area contributed by atoms with Crippen LogP contribution in [-0.2, 0) is 6.54 Å². The van der Waals surface area contributed by atoms with Crippen LogP contribution < -0.4 is 5.32 Å². The Bertz CT molecular complexity index is 238. The van der Waals surface area contributed by atoms with Crippen molar-refractivity contribution in [2.75, 3.05) is 6.54 Å². The Balaban J connectivity index is 2.46. The lowest BCUT2D eigenvalue weighted by Gasteiger charge is -2.03. The van der Waals surface area contributed by atoms with Gasteiger partial charge in [-0.2, -0.15) is 0 Å². The molecule has 0 amide bonds. The zero-order valence-electron chi connectivity index (χ0n) is 7.18. The fraction of sp³-hybridized carbons (Fsp3) is 0.444. The second kappa shape index (κ2) is 5.12. The molecule has 1 rings (SSSR count). The molecule has 12 heavy (non-hydrogen) atoms. The largest absolute Gasteiger partial charge is 0.313 e. The smallest absolute Gasteiger partial charge is 0.0634 e. The molecule has 0 saturated carbocycles. The third kappa shape index (κ3) is 2.80. The highest BCUT2D eigenvalue weighted by atomic mass is 35.5. The van der Waals surface area contributed by atoms with Crippen molar-refractivity contribution in [2.45, 2.75) is 19.9 Å². The molecule has 3 heteroatoms. The van der Waals surface area contributed by atoms with Gasteiger partial charge in [-0.15, -0.1) is 0 Å². The van der Waals surface area contributed by atoms with Gasteiger partial charge in [0.25, 0.3) is 0 Å². The molecule has 1 N–H and O–H groups in total. The molecule has 2 nitrogen and oxygen atoms in total. The van der Waals surface area contributed by atoms with Crippen LogP contribution in [0.3, 0.4) is 0 Å². The number of rotatable bonds is 4. The summed E-state index contributed by atoms with van der Waals surface area (Å²) in [4.78, 5) is 3.91. The maximum absolute atomic E-state index is 5.90. The molecule has 0 atom stereocenters. The number of hydrogen-bond acceptors (Lipinski definition) is 2. The van der Waals surface area contributed by atoms with E-state index in [1.165, 1.54) is 0 Å². The predicted molar refractivity (Wildman–Crippen MR) is 51.2 cm³/mol. The molecule has 0 fully saturated rings. The highest BCUT2D eigenvalue weighted by Gasteiger charge is 1.96. The molecule has 0 aliphatic rings. The summed E-state index contributed by atoms with van der Waals surface area (Å²) in [6, 6.07) is 1.94. The number of aromatic nitrogens is 1. The van der Waals surface area contributed by atoms with Crippen molar-refractivity contribution in [3.05, 3.63) is 29.0 Å². The van der Waals surface area contributed by atoms with Crippen LogP contribution in [0.25, 0.3) is 0 Å². The minimum Gasteiger partial charge on any atom is -0.313 e. The van der Waals surface area contributed by atoms with E-state index < -0.39 is 0 Å². The monoisotopic (exact) mass is 184 g/mol. The minimum atomic E-state index is 0.737. The summed E-state index contributed by atoms with van der Waals surface area (Å²) in [7, 11) is 0. The van der Waals surface area contributed by atoms with Gasteiger partial charge in [0.05, 0.1) is 5.02 Å². The van der Waals surface area contributed by atoms with E-state index in [0.717, 1.165) is 30.1 Å². The first-order chi connectivity index (χ1) is 5.84. The molecular formula is C9H13ClN2. The van der Waals surface area contributed by atoms with Crippen LogP contribution in [0.2, 0.25) is 5.02 Å². The number of nitrogens with zero attached hydrogens (tertiary/aromatic N) is 1. The summed E-state index contributed by atoms with van der Waals surface area (Å²) in [5.41, 5.74) is 1.11. The van der Waals surface area contributed by atoms with Gasteiger partial charge in [0, 0.05) is 18.9 Å². The fourth-order valence-corrected chi connectivity index (χ4v) is 1.13. The summed E-state index contributed by atoms with van der Waals surface area (Å²) in [5, 5.41) is 4.02. The van der Waals surface area contributed by atoms with E-state index in [-0.39, 0.29) is 0 Å².